The van der Waals surface area contributed by atoms with Gasteiger partial charge in [-0.3, -0.25) is 13.8 Å². The molecule has 2 unspecified atom stereocenters. The summed E-state index contributed by atoms with van der Waals surface area (Å²) in [6.07, 6.45) is 63.3. The number of carbonyl (C=O) groups excluding carboxylic acids is 1. The number of phosphoric acid groups is 1. The van der Waals surface area contributed by atoms with Crippen molar-refractivity contribution >= 4 is 13.8 Å². The molecule has 9 heteroatoms. The third-order valence-corrected chi connectivity index (χ3v) is 11.1. The topological polar surface area (TPSA) is 117 Å². The van der Waals surface area contributed by atoms with E-state index in [1.54, 1.807) is 0 Å². The molecule has 0 saturated heterocycles. The monoisotopic (exact) mass is 874 g/mol. The molecule has 0 amide bonds. The molecule has 0 aromatic rings. The molecule has 2 atom stereocenters. The predicted octanol–water partition coefficient (Wildman–Crippen LogP) is 15.3. The lowest BCUT2D eigenvalue weighted by Crippen LogP contribution is -2.28. The molecular formula is C52H92NO7P. The second-order valence-electron chi connectivity index (χ2n) is 16.0. The van der Waals surface area contributed by atoms with E-state index in [1.165, 1.54) is 83.5 Å². The number of unbranched alkanes of at least 4 members (excludes halogenated alkanes) is 19. The zero-order chi connectivity index (χ0) is 44.4. The van der Waals surface area contributed by atoms with Gasteiger partial charge in [-0.05, 0) is 70.6 Å². The fraction of sp³-hybridized carbons (Fsp3) is 0.712. The summed E-state index contributed by atoms with van der Waals surface area (Å²) < 4.78 is 33.5. The van der Waals surface area contributed by atoms with Crippen molar-refractivity contribution in [3.05, 3.63) is 85.1 Å². The summed E-state index contributed by atoms with van der Waals surface area (Å²) in [5.74, 6) is -0.341. The Bertz CT molecular complexity index is 1210. The van der Waals surface area contributed by atoms with Crippen LogP contribution in [0.4, 0.5) is 0 Å². The molecule has 61 heavy (non-hydrogen) atoms. The van der Waals surface area contributed by atoms with Crippen molar-refractivity contribution in [2.24, 2.45) is 5.73 Å². The lowest BCUT2D eigenvalue weighted by atomic mass is 10.0. The summed E-state index contributed by atoms with van der Waals surface area (Å²) in [6.45, 7) is 4.75. The molecule has 0 radical (unpaired) electrons. The normalized spacial score (nSPS) is 14.1. The zero-order valence-electron chi connectivity index (χ0n) is 39.1. The molecule has 0 aromatic carbocycles. The Balaban J connectivity index is 4.05. The first-order valence-electron chi connectivity index (χ1n) is 24.6. The Kier molecular flexibility index (Phi) is 46.9. The van der Waals surface area contributed by atoms with Crippen molar-refractivity contribution in [1.29, 1.82) is 0 Å². The summed E-state index contributed by atoms with van der Waals surface area (Å²) >= 11 is 0. The number of esters is 1. The van der Waals surface area contributed by atoms with Gasteiger partial charge in [-0.25, -0.2) is 4.57 Å². The lowest BCUT2D eigenvalue weighted by Gasteiger charge is -2.20. The van der Waals surface area contributed by atoms with Crippen LogP contribution in [0.25, 0.3) is 0 Å². The van der Waals surface area contributed by atoms with E-state index in [-0.39, 0.29) is 32.3 Å². The maximum atomic E-state index is 12.6. The summed E-state index contributed by atoms with van der Waals surface area (Å²) in [6, 6.07) is 0. The fourth-order valence-corrected chi connectivity index (χ4v) is 7.27. The second-order valence-corrected chi connectivity index (χ2v) is 17.4. The van der Waals surface area contributed by atoms with Crippen molar-refractivity contribution in [2.75, 3.05) is 33.0 Å². The first-order chi connectivity index (χ1) is 29.9. The average molecular weight is 874 g/mol. The second kappa shape index (κ2) is 48.7. The van der Waals surface area contributed by atoms with E-state index in [9.17, 15) is 14.3 Å². The van der Waals surface area contributed by atoms with E-state index in [2.05, 4.69) is 98.9 Å². The summed E-state index contributed by atoms with van der Waals surface area (Å²) in [7, 11) is -4.29. The highest BCUT2D eigenvalue weighted by Gasteiger charge is 2.25. The maximum absolute atomic E-state index is 12.6. The largest absolute Gasteiger partial charge is 0.472 e. The number of nitrogens with two attached hydrogens (primary N) is 1. The molecule has 0 aliphatic carbocycles. The van der Waals surface area contributed by atoms with Gasteiger partial charge in [-0.2, -0.15) is 0 Å². The standard InChI is InChI=1S/C52H92NO7P/c1-3-5-7-9-11-13-15-17-19-21-22-23-24-25-26-27-28-29-30-32-34-36-38-40-42-44-47-57-49-51(50-59-61(55,56)58-48-46-53)60-52(54)45-43-41-39-37-35-33-31-20-18-16-14-12-10-8-6-4-2/h5,7,11,13,17,19,22-23,25-26,28-29,32,34,51H,3-4,6,8-10,12,14-16,18,20-21,24,27,30-31,33,35-50,53H2,1-2H3,(H,55,56)/b7-5-,13-11-,19-17-,23-22-,26-25-,29-28-,34-32-. The van der Waals surface area contributed by atoms with Crippen LogP contribution in [0.2, 0.25) is 0 Å². The number of hydrogen-bond acceptors (Lipinski definition) is 7. The molecule has 0 fully saturated rings. The van der Waals surface area contributed by atoms with E-state index in [4.69, 9.17) is 24.3 Å². The van der Waals surface area contributed by atoms with Crippen molar-refractivity contribution < 1.29 is 32.8 Å². The molecule has 0 aliphatic rings. The van der Waals surface area contributed by atoms with Gasteiger partial charge in [0.15, 0.2) is 0 Å². The minimum Gasteiger partial charge on any atom is -0.457 e. The molecular weight excluding hydrogens is 782 g/mol. The van der Waals surface area contributed by atoms with Crippen molar-refractivity contribution in [2.45, 2.75) is 206 Å². The molecule has 0 aromatic heterocycles. The summed E-state index contributed by atoms with van der Waals surface area (Å²) in [5, 5.41) is 0. The first-order valence-corrected chi connectivity index (χ1v) is 26.1. The Hall–Kier alpha value is -2.32. The van der Waals surface area contributed by atoms with Gasteiger partial charge >= 0.3 is 13.8 Å². The summed E-state index contributed by atoms with van der Waals surface area (Å²) in [4.78, 5) is 22.5. The van der Waals surface area contributed by atoms with Crippen molar-refractivity contribution in [3.63, 3.8) is 0 Å². The zero-order valence-corrected chi connectivity index (χ0v) is 40.0. The van der Waals surface area contributed by atoms with Crippen LogP contribution in [0.15, 0.2) is 85.1 Å². The molecule has 0 bridgehead atoms. The molecule has 0 spiro atoms. The van der Waals surface area contributed by atoms with Gasteiger partial charge in [-0.15, -0.1) is 0 Å². The van der Waals surface area contributed by atoms with E-state index >= 15 is 0 Å². The minimum atomic E-state index is -4.29. The molecule has 3 N–H and O–H groups in total. The van der Waals surface area contributed by atoms with Gasteiger partial charge < -0.3 is 20.1 Å². The average Bonchev–Trinajstić information content (AvgIpc) is 3.25. The Morgan fingerprint density at radius 2 is 0.918 bits per heavy atom. The third-order valence-electron chi connectivity index (χ3n) is 10.1. The first kappa shape index (κ1) is 58.7. The number of phosphoric ester groups is 1. The highest BCUT2D eigenvalue weighted by atomic mass is 31.2. The number of carbonyl (C=O) groups is 1. The van der Waals surface area contributed by atoms with Crippen LogP contribution in [-0.4, -0.2) is 49.9 Å². The van der Waals surface area contributed by atoms with Gasteiger partial charge in [0.05, 0.1) is 19.8 Å². The van der Waals surface area contributed by atoms with Crippen LogP contribution in [0.3, 0.4) is 0 Å². The number of allylic oxidation sites excluding steroid dienone is 14. The Morgan fingerprint density at radius 1 is 0.508 bits per heavy atom. The van der Waals surface area contributed by atoms with Gasteiger partial charge in [0.25, 0.3) is 0 Å². The van der Waals surface area contributed by atoms with Crippen LogP contribution in [0.5, 0.6) is 0 Å². The molecule has 0 rings (SSSR count). The van der Waals surface area contributed by atoms with Crippen LogP contribution < -0.4 is 5.73 Å². The highest BCUT2D eigenvalue weighted by Crippen LogP contribution is 2.43. The van der Waals surface area contributed by atoms with E-state index in [0.717, 1.165) is 96.3 Å². The number of hydrogen-bond donors (Lipinski definition) is 2. The van der Waals surface area contributed by atoms with Crippen LogP contribution in [-0.2, 0) is 27.9 Å². The predicted molar refractivity (Wildman–Crippen MR) is 261 cm³/mol. The van der Waals surface area contributed by atoms with Crippen molar-refractivity contribution in [3.8, 4) is 0 Å². The van der Waals surface area contributed by atoms with E-state index in [1.807, 2.05) is 0 Å². The third kappa shape index (κ3) is 48.6. The van der Waals surface area contributed by atoms with Gasteiger partial charge in [0.1, 0.15) is 6.10 Å². The fourth-order valence-electron chi connectivity index (χ4n) is 6.51. The van der Waals surface area contributed by atoms with Crippen LogP contribution >= 0.6 is 7.82 Å². The molecule has 0 heterocycles. The van der Waals surface area contributed by atoms with Crippen LogP contribution in [0, 0.1) is 0 Å². The van der Waals surface area contributed by atoms with E-state index in [0.29, 0.717) is 13.0 Å². The van der Waals surface area contributed by atoms with Gasteiger partial charge in [0, 0.05) is 19.6 Å². The van der Waals surface area contributed by atoms with Gasteiger partial charge in [-0.1, -0.05) is 208 Å². The van der Waals surface area contributed by atoms with Gasteiger partial charge in [0.2, 0.25) is 0 Å². The minimum absolute atomic E-state index is 0.0926. The Morgan fingerprint density at radius 3 is 1.38 bits per heavy atom. The highest BCUT2D eigenvalue weighted by molar-refractivity contribution is 7.47. The molecule has 0 saturated carbocycles. The molecule has 8 nitrogen and oxygen atoms in total. The quantitative estimate of drug-likeness (QED) is 0.0269. The molecule has 352 valence electrons. The smallest absolute Gasteiger partial charge is 0.457 e. The van der Waals surface area contributed by atoms with E-state index < -0.39 is 13.9 Å². The van der Waals surface area contributed by atoms with Crippen LogP contribution in [0.1, 0.15) is 200 Å². The van der Waals surface area contributed by atoms with Crippen molar-refractivity contribution in [1.82, 2.24) is 0 Å². The number of rotatable bonds is 46. The Labute approximate surface area is 375 Å². The maximum Gasteiger partial charge on any atom is 0.472 e. The molecule has 0 aliphatic heterocycles. The lowest BCUT2D eigenvalue weighted by molar-refractivity contribution is -0.154. The number of ether oxygens (including phenoxy) is 2. The summed E-state index contributed by atoms with van der Waals surface area (Å²) in [5.41, 5.74) is 5.38. The SMILES string of the molecule is CC/C=C\C/C=C\C/C=C\C/C=C\C/C=C\C/C=C\C/C=C\CCCCCCOCC(COP(=O)(O)OCCN)OC(=O)CCCCCCCCCCCCCCCCCC.